The van der Waals surface area contributed by atoms with E-state index in [1.54, 1.807) is 0 Å². The highest BCUT2D eigenvalue weighted by atomic mass is 79.9. The Bertz CT molecular complexity index is 360. The van der Waals surface area contributed by atoms with E-state index in [9.17, 15) is 0 Å². The van der Waals surface area contributed by atoms with Crippen molar-refractivity contribution < 1.29 is 0 Å². The summed E-state index contributed by atoms with van der Waals surface area (Å²) < 4.78 is 1.20. The standard InChI is InChI=1S/C15H24BrN/c1-10(2)8-12(4)15(17-5)13-7-6-11(3)14(16)9-13/h6-7,9-10,12,15,17H,8H2,1-5H3. The van der Waals surface area contributed by atoms with Gasteiger partial charge in [0.1, 0.15) is 0 Å². The van der Waals surface area contributed by atoms with E-state index in [1.807, 2.05) is 0 Å². The van der Waals surface area contributed by atoms with Crippen LogP contribution in [0.25, 0.3) is 0 Å². The monoisotopic (exact) mass is 297 g/mol. The van der Waals surface area contributed by atoms with Crippen LogP contribution >= 0.6 is 15.9 Å². The molecule has 1 rings (SSSR count). The molecule has 0 spiro atoms. The largest absolute Gasteiger partial charge is 0.313 e. The Kier molecular flexibility index (Phi) is 5.68. The lowest BCUT2D eigenvalue weighted by Crippen LogP contribution is -2.24. The van der Waals surface area contributed by atoms with E-state index in [2.05, 4.69) is 74.2 Å². The van der Waals surface area contributed by atoms with Crippen molar-refractivity contribution in [3.05, 3.63) is 33.8 Å². The molecule has 2 atom stereocenters. The fourth-order valence-corrected chi connectivity index (χ4v) is 2.86. The third kappa shape index (κ3) is 4.11. The molecular weight excluding hydrogens is 274 g/mol. The van der Waals surface area contributed by atoms with Crippen molar-refractivity contribution in [3.8, 4) is 0 Å². The van der Waals surface area contributed by atoms with Gasteiger partial charge in [-0.3, -0.25) is 0 Å². The van der Waals surface area contributed by atoms with Gasteiger partial charge in [0, 0.05) is 10.5 Å². The van der Waals surface area contributed by atoms with E-state index in [1.165, 1.54) is 22.0 Å². The zero-order chi connectivity index (χ0) is 13.0. The van der Waals surface area contributed by atoms with Gasteiger partial charge < -0.3 is 5.32 Å². The molecule has 0 saturated carbocycles. The topological polar surface area (TPSA) is 12.0 Å². The molecule has 2 heteroatoms. The van der Waals surface area contributed by atoms with E-state index in [-0.39, 0.29) is 0 Å². The first-order valence-corrected chi connectivity index (χ1v) is 7.18. The number of halogens is 1. The first-order chi connectivity index (χ1) is 7.95. The molecule has 0 saturated heterocycles. The minimum Gasteiger partial charge on any atom is -0.313 e. The summed E-state index contributed by atoms with van der Waals surface area (Å²) >= 11 is 3.62. The molecule has 0 aliphatic carbocycles. The molecule has 1 aromatic carbocycles. The highest BCUT2D eigenvalue weighted by Crippen LogP contribution is 2.29. The average Bonchev–Trinajstić information content (AvgIpc) is 2.23. The number of benzene rings is 1. The fraction of sp³-hybridized carbons (Fsp3) is 0.600. The Balaban J connectivity index is 2.89. The van der Waals surface area contributed by atoms with Gasteiger partial charge in [-0.25, -0.2) is 0 Å². The van der Waals surface area contributed by atoms with Gasteiger partial charge in [0.15, 0.2) is 0 Å². The van der Waals surface area contributed by atoms with Gasteiger partial charge in [0.25, 0.3) is 0 Å². The van der Waals surface area contributed by atoms with Crippen LogP contribution in [0.4, 0.5) is 0 Å². The van der Waals surface area contributed by atoms with Crippen molar-refractivity contribution in [2.75, 3.05) is 7.05 Å². The Morgan fingerprint density at radius 3 is 2.35 bits per heavy atom. The van der Waals surface area contributed by atoms with Crippen LogP contribution in [-0.4, -0.2) is 7.05 Å². The number of nitrogens with one attached hydrogen (secondary N) is 1. The molecule has 0 aliphatic rings. The van der Waals surface area contributed by atoms with E-state index in [0.29, 0.717) is 12.0 Å². The van der Waals surface area contributed by atoms with Crippen LogP contribution in [0.15, 0.2) is 22.7 Å². The Labute approximate surface area is 114 Å². The Hall–Kier alpha value is -0.340. The number of hydrogen-bond donors (Lipinski definition) is 1. The second kappa shape index (κ2) is 6.55. The van der Waals surface area contributed by atoms with E-state index in [0.717, 1.165) is 5.92 Å². The molecule has 1 N–H and O–H groups in total. The summed E-state index contributed by atoms with van der Waals surface area (Å²) in [7, 11) is 2.05. The van der Waals surface area contributed by atoms with Gasteiger partial charge in [-0.2, -0.15) is 0 Å². The normalized spacial score (nSPS) is 15.0. The molecule has 0 fully saturated rings. The number of rotatable bonds is 5. The van der Waals surface area contributed by atoms with Gasteiger partial charge in [0.2, 0.25) is 0 Å². The molecular formula is C15H24BrN. The van der Waals surface area contributed by atoms with E-state index in [4.69, 9.17) is 0 Å². The summed E-state index contributed by atoms with van der Waals surface area (Å²) in [5, 5.41) is 3.45. The molecule has 96 valence electrons. The lowest BCUT2D eigenvalue weighted by atomic mass is 9.88. The number of hydrogen-bond acceptors (Lipinski definition) is 1. The first kappa shape index (κ1) is 14.7. The molecule has 0 amide bonds. The lowest BCUT2D eigenvalue weighted by molar-refractivity contribution is 0.343. The van der Waals surface area contributed by atoms with Crippen molar-refractivity contribution in [2.24, 2.45) is 11.8 Å². The van der Waals surface area contributed by atoms with Crippen molar-refractivity contribution in [3.63, 3.8) is 0 Å². The molecule has 1 nitrogen and oxygen atoms in total. The van der Waals surface area contributed by atoms with Crippen molar-refractivity contribution in [1.82, 2.24) is 5.32 Å². The minimum absolute atomic E-state index is 0.439. The van der Waals surface area contributed by atoms with Crippen LogP contribution in [0.3, 0.4) is 0 Å². The highest BCUT2D eigenvalue weighted by molar-refractivity contribution is 9.10. The molecule has 1 aromatic rings. The smallest absolute Gasteiger partial charge is 0.0343 e. The van der Waals surface area contributed by atoms with Gasteiger partial charge in [-0.05, 0) is 49.4 Å². The second-order valence-corrected chi connectivity index (χ2v) is 6.24. The maximum Gasteiger partial charge on any atom is 0.0343 e. The zero-order valence-corrected chi connectivity index (χ0v) is 13.1. The molecule has 0 heterocycles. The summed E-state index contributed by atoms with van der Waals surface area (Å²) in [6.07, 6.45) is 1.25. The number of aryl methyl sites for hydroxylation is 1. The maximum atomic E-state index is 3.62. The Morgan fingerprint density at radius 1 is 1.24 bits per heavy atom. The predicted molar refractivity (Wildman–Crippen MR) is 79.3 cm³/mol. The van der Waals surface area contributed by atoms with Gasteiger partial charge in [0.05, 0.1) is 0 Å². The van der Waals surface area contributed by atoms with Crippen LogP contribution in [0.2, 0.25) is 0 Å². The predicted octanol–water partition coefficient (Wildman–Crippen LogP) is 4.70. The van der Waals surface area contributed by atoms with Crippen LogP contribution in [-0.2, 0) is 0 Å². The van der Waals surface area contributed by atoms with Gasteiger partial charge >= 0.3 is 0 Å². The van der Waals surface area contributed by atoms with Crippen LogP contribution in [0.5, 0.6) is 0 Å². The quantitative estimate of drug-likeness (QED) is 0.831. The van der Waals surface area contributed by atoms with Crippen molar-refractivity contribution >= 4 is 15.9 Å². The first-order valence-electron chi connectivity index (χ1n) is 6.39. The summed E-state index contributed by atoms with van der Waals surface area (Å²) in [5.74, 6) is 1.39. The van der Waals surface area contributed by atoms with Crippen LogP contribution in [0.1, 0.15) is 44.4 Å². The molecule has 0 radical (unpaired) electrons. The fourth-order valence-electron chi connectivity index (χ4n) is 2.46. The Morgan fingerprint density at radius 2 is 1.88 bits per heavy atom. The molecule has 2 unspecified atom stereocenters. The summed E-state index contributed by atoms with van der Waals surface area (Å²) in [6.45, 7) is 9.03. The summed E-state index contributed by atoms with van der Waals surface area (Å²) in [5.41, 5.74) is 2.67. The average molecular weight is 298 g/mol. The van der Waals surface area contributed by atoms with Gasteiger partial charge in [-0.15, -0.1) is 0 Å². The molecule has 0 aliphatic heterocycles. The highest BCUT2D eigenvalue weighted by Gasteiger charge is 2.18. The minimum atomic E-state index is 0.439. The maximum absolute atomic E-state index is 3.62. The third-order valence-electron chi connectivity index (χ3n) is 3.28. The van der Waals surface area contributed by atoms with Crippen molar-refractivity contribution in [2.45, 2.75) is 40.2 Å². The van der Waals surface area contributed by atoms with Crippen LogP contribution in [0, 0.1) is 18.8 Å². The van der Waals surface area contributed by atoms with Gasteiger partial charge in [-0.1, -0.05) is 48.8 Å². The van der Waals surface area contributed by atoms with E-state index >= 15 is 0 Å². The van der Waals surface area contributed by atoms with Crippen molar-refractivity contribution in [1.29, 1.82) is 0 Å². The van der Waals surface area contributed by atoms with Crippen LogP contribution < -0.4 is 5.32 Å². The third-order valence-corrected chi connectivity index (χ3v) is 4.13. The zero-order valence-electron chi connectivity index (χ0n) is 11.5. The molecule has 17 heavy (non-hydrogen) atoms. The summed E-state index contributed by atoms with van der Waals surface area (Å²) in [6, 6.07) is 7.10. The molecule has 0 aromatic heterocycles. The van der Waals surface area contributed by atoms with E-state index < -0.39 is 0 Å². The second-order valence-electron chi connectivity index (χ2n) is 5.38. The lowest BCUT2D eigenvalue weighted by Gasteiger charge is -2.26. The SMILES string of the molecule is CNC(c1ccc(C)c(Br)c1)C(C)CC(C)C. The summed E-state index contributed by atoms with van der Waals surface area (Å²) in [4.78, 5) is 0. The molecule has 0 bridgehead atoms.